The SMILES string of the molecule is CNCCSc1ccc2c(c1)CCCC2. The number of aryl methyl sites for hydroxylation is 2. The van der Waals surface area contributed by atoms with Crippen LogP contribution < -0.4 is 5.32 Å². The zero-order valence-electron chi connectivity index (χ0n) is 9.38. The van der Waals surface area contributed by atoms with Gasteiger partial charge in [0.1, 0.15) is 0 Å². The first-order valence-electron chi connectivity index (χ1n) is 5.79. The van der Waals surface area contributed by atoms with E-state index < -0.39 is 0 Å². The maximum absolute atomic E-state index is 3.18. The Morgan fingerprint density at radius 2 is 2.00 bits per heavy atom. The molecule has 0 aromatic heterocycles. The number of hydrogen-bond donors (Lipinski definition) is 1. The van der Waals surface area contributed by atoms with E-state index in [4.69, 9.17) is 0 Å². The van der Waals surface area contributed by atoms with Gasteiger partial charge in [0.15, 0.2) is 0 Å². The predicted molar refractivity (Wildman–Crippen MR) is 67.7 cm³/mol. The molecule has 0 saturated heterocycles. The maximum Gasteiger partial charge on any atom is 0.0105 e. The second-order valence-electron chi connectivity index (χ2n) is 4.09. The van der Waals surface area contributed by atoms with Crippen LogP contribution >= 0.6 is 11.8 Å². The van der Waals surface area contributed by atoms with Crippen molar-refractivity contribution in [3.8, 4) is 0 Å². The van der Waals surface area contributed by atoms with E-state index in [2.05, 4.69) is 23.5 Å². The topological polar surface area (TPSA) is 12.0 Å². The van der Waals surface area contributed by atoms with Crippen LogP contribution in [0.5, 0.6) is 0 Å². The van der Waals surface area contributed by atoms with E-state index in [1.165, 1.54) is 30.6 Å². The summed E-state index contributed by atoms with van der Waals surface area (Å²) in [6, 6.07) is 7.01. The fourth-order valence-corrected chi connectivity index (χ4v) is 3.00. The molecule has 0 saturated carbocycles. The molecule has 2 heteroatoms. The van der Waals surface area contributed by atoms with E-state index in [0.29, 0.717) is 0 Å². The minimum Gasteiger partial charge on any atom is -0.319 e. The van der Waals surface area contributed by atoms with Crippen LogP contribution in [0, 0.1) is 0 Å². The smallest absolute Gasteiger partial charge is 0.0105 e. The standard InChI is InChI=1S/C13H19NS/c1-14-8-9-15-13-7-6-11-4-2-3-5-12(11)10-13/h6-7,10,14H,2-5,8-9H2,1H3. The lowest BCUT2D eigenvalue weighted by Gasteiger charge is -2.16. The van der Waals surface area contributed by atoms with Gasteiger partial charge < -0.3 is 5.32 Å². The summed E-state index contributed by atoms with van der Waals surface area (Å²) in [5, 5.41) is 3.18. The van der Waals surface area contributed by atoms with Crippen molar-refractivity contribution in [2.45, 2.75) is 30.6 Å². The highest BCUT2D eigenvalue weighted by molar-refractivity contribution is 7.99. The third-order valence-electron chi connectivity index (χ3n) is 2.94. The van der Waals surface area contributed by atoms with Crippen LogP contribution in [0.25, 0.3) is 0 Å². The first-order valence-corrected chi connectivity index (χ1v) is 6.78. The van der Waals surface area contributed by atoms with Crippen molar-refractivity contribution < 1.29 is 0 Å². The molecule has 0 aliphatic heterocycles. The van der Waals surface area contributed by atoms with Crippen molar-refractivity contribution in [2.75, 3.05) is 19.3 Å². The number of rotatable bonds is 4. The monoisotopic (exact) mass is 221 g/mol. The van der Waals surface area contributed by atoms with Gasteiger partial charge in [-0.1, -0.05) is 6.07 Å². The molecule has 0 heterocycles. The molecule has 0 amide bonds. The molecule has 0 unspecified atom stereocenters. The molecular weight excluding hydrogens is 202 g/mol. The molecule has 1 nitrogen and oxygen atoms in total. The zero-order chi connectivity index (χ0) is 10.5. The highest BCUT2D eigenvalue weighted by atomic mass is 32.2. The fraction of sp³-hybridized carbons (Fsp3) is 0.538. The van der Waals surface area contributed by atoms with E-state index in [0.717, 1.165) is 12.3 Å². The Morgan fingerprint density at radius 1 is 1.20 bits per heavy atom. The summed E-state index contributed by atoms with van der Waals surface area (Å²) < 4.78 is 0. The van der Waals surface area contributed by atoms with Crippen LogP contribution in [-0.2, 0) is 12.8 Å². The minimum absolute atomic E-state index is 1.09. The van der Waals surface area contributed by atoms with Gasteiger partial charge >= 0.3 is 0 Å². The Hall–Kier alpha value is -0.470. The number of benzene rings is 1. The van der Waals surface area contributed by atoms with Crippen LogP contribution in [0.1, 0.15) is 24.0 Å². The van der Waals surface area contributed by atoms with Gasteiger partial charge in [-0.2, -0.15) is 0 Å². The van der Waals surface area contributed by atoms with E-state index >= 15 is 0 Å². The highest BCUT2D eigenvalue weighted by Crippen LogP contribution is 2.26. The highest BCUT2D eigenvalue weighted by Gasteiger charge is 2.09. The van der Waals surface area contributed by atoms with Gasteiger partial charge in [-0.3, -0.25) is 0 Å². The van der Waals surface area contributed by atoms with Crippen LogP contribution in [0.3, 0.4) is 0 Å². The summed E-state index contributed by atoms with van der Waals surface area (Å²) in [7, 11) is 2.01. The van der Waals surface area contributed by atoms with Crippen molar-refractivity contribution in [3.63, 3.8) is 0 Å². The average Bonchev–Trinajstić information content (AvgIpc) is 2.29. The molecule has 1 aromatic rings. The average molecular weight is 221 g/mol. The van der Waals surface area contributed by atoms with Gasteiger partial charge in [-0.05, 0) is 56.0 Å². The minimum atomic E-state index is 1.09. The van der Waals surface area contributed by atoms with Gasteiger partial charge in [0.05, 0.1) is 0 Å². The summed E-state index contributed by atoms with van der Waals surface area (Å²) in [6.07, 6.45) is 5.32. The summed E-state index contributed by atoms with van der Waals surface area (Å²) in [5.41, 5.74) is 3.18. The lowest BCUT2D eigenvalue weighted by molar-refractivity contribution is 0.683. The molecule has 1 aromatic carbocycles. The first-order chi connectivity index (χ1) is 7.40. The molecule has 0 atom stereocenters. The van der Waals surface area contributed by atoms with Crippen molar-refractivity contribution in [2.24, 2.45) is 0 Å². The zero-order valence-corrected chi connectivity index (χ0v) is 10.2. The second-order valence-corrected chi connectivity index (χ2v) is 5.26. The quantitative estimate of drug-likeness (QED) is 0.620. The molecule has 1 aliphatic rings. The molecule has 0 bridgehead atoms. The van der Waals surface area contributed by atoms with Crippen molar-refractivity contribution in [3.05, 3.63) is 29.3 Å². The van der Waals surface area contributed by atoms with Crippen molar-refractivity contribution in [1.29, 1.82) is 0 Å². The summed E-state index contributed by atoms with van der Waals surface area (Å²) in [6.45, 7) is 1.09. The molecule has 0 radical (unpaired) electrons. The molecular formula is C13H19NS. The summed E-state index contributed by atoms with van der Waals surface area (Å²) in [4.78, 5) is 1.44. The number of fused-ring (bicyclic) bond motifs is 1. The summed E-state index contributed by atoms with van der Waals surface area (Å²) >= 11 is 1.96. The molecule has 1 N–H and O–H groups in total. The van der Waals surface area contributed by atoms with E-state index in [1.54, 1.807) is 11.1 Å². The second kappa shape index (κ2) is 5.57. The summed E-state index contributed by atoms with van der Waals surface area (Å²) in [5.74, 6) is 1.16. The fourth-order valence-electron chi connectivity index (χ4n) is 2.07. The van der Waals surface area contributed by atoms with Crippen LogP contribution in [0.15, 0.2) is 23.1 Å². The number of hydrogen-bond acceptors (Lipinski definition) is 2. The van der Waals surface area contributed by atoms with Gasteiger partial charge in [0.2, 0.25) is 0 Å². The third kappa shape index (κ3) is 2.99. The predicted octanol–water partition coefficient (Wildman–Crippen LogP) is 2.88. The molecule has 1 aliphatic carbocycles. The Balaban J connectivity index is 2.00. The van der Waals surface area contributed by atoms with E-state index in [1.807, 2.05) is 18.8 Å². The maximum atomic E-state index is 3.18. The van der Waals surface area contributed by atoms with Gasteiger partial charge in [-0.25, -0.2) is 0 Å². The Bertz CT molecular complexity index is 322. The lowest BCUT2D eigenvalue weighted by Crippen LogP contribution is -2.09. The third-order valence-corrected chi connectivity index (χ3v) is 3.94. The normalized spacial score (nSPS) is 15.0. The molecule has 2 rings (SSSR count). The Kier molecular flexibility index (Phi) is 4.09. The van der Waals surface area contributed by atoms with Crippen LogP contribution in [-0.4, -0.2) is 19.3 Å². The molecule has 15 heavy (non-hydrogen) atoms. The van der Waals surface area contributed by atoms with Gasteiger partial charge in [0.25, 0.3) is 0 Å². The molecule has 0 spiro atoms. The van der Waals surface area contributed by atoms with Gasteiger partial charge in [0, 0.05) is 17.2 Å². The molecule has 0 fully saturated rings. The number of thioether (sulfide) groups is 1. The van der Waals surface area contributed by atoms with Crippen molar-refractivity contribution >= 4 is 11.8 Å². The van der Waals surface area contributed by atoms with Crippen LogP contribution in [0.4, 0.5) is 0 Å². The van der Waals surface area contributed by atoms with E-state index in [9.17, 15) is 0 Å². The Labute approximate surface area is 96.7 Å². The molecule has 82 valence electrons. The van der Waals surface area contributed by atoms with Gasteiger partial charge in [-0.15, -0.1) is 11.8 Å². The largest absolute Gasteiger partial charge is 0.319 e. The lowest BCUT2D eigenvalue weighted by atomic mass is 9.92. The van der Waals surface area contributed by atoms with Crippen molar-refractivity contribution in [1.82, 2.24) is 5.32 Å². The van der Waals surface area contributed by atoms with Crippen LogP contribution in [0.2, 0.25) is 0 Å². The number of nitrogens with one attached hydrogen (secondary N) is 1. The Morgan fingerprint density at radius 3 is 2.80 bits per heavy atom. The van der Waals surface area contributed by atoms with E-state index in [-0.39, 0.29) is 0 Å². The first kappa shape index (κ1) is 11.0.